The van der Waals surface area contributed by atoms with Gasteiger partial charge >= 0.3 is 0 Å². The Balaban J connectivity index is 0.746. The van der Waals surface area contributed by atoms with Crippen LogP contribution in [0.15, 0.2) is 54.6 Å². The monoisotopic (exact) mass is 833 g/mol. The van der Waals surface area contributed by atoms with Gasteiger partial charge in [0, 0.05) is 48.1 Å². The van der Waals surface area contributed by atoms with E-state index in [1.165, 1.54) is 0 Å². The molecule has 5 heterocycles. The number of imide groups is 2. The summed E-state index contributed by atoms with van der Waals surface area (Å²) in [5, 5.41) is 3.32. The highest BCUT2D eigenvalue weighted by molar-refractivity contribution is 6.23. The van der Waals surface area contributed by atoms with Crippen LogP contribution < -0.4 is 5.32 Å². The molecule has 6 aliphatic rings. The van der Waals surface area contributed by atoms with E-state index in [2.05, 4.69) is 10.3 Å². The van der Waals surface area contributed by atoms with E-state index in [0.29, 0.717) is 79.3 Å². The zero-order valence-electron chi connectivity index (χ0n) is 34.2. The second-order valence-corrected chi connectivity index (χ2v) is 18.4. The number of H-pyrrole nitrogens is 1. The number of nitrogens with one attached hydrogen (secondary N) is 2. The molecule has 1 aromatic heterocycles. The summed E-state index contributed by atoms with van der Waals surface area (Å²) < 4.78 is 44.0. The van der Waals surface area contributed by atoms with Crippen molar-refractivity contribution in [2.75, 3.05) is 19.6 Å². The van der Waals surface area contributed by atoms with Gasteiger partial charge in [-0.05, 0) is 141 Å². The van der Waals surface area contributed by atoms with Gasteiger partial charge < -0.3 is 9.88 Å². The molecule has 61 heavy (non-hydrogen) atoms. The molecule has 5 amide bonds. The van der Waals surface area contributed by atoms with Gasteiger partial charge in [-0.15, -0.1) is 0 Å². The molecule has 2 saturated heterocycles. The van der Waals surface area contributed by atoms with Crippen LogP contribution in [0.25, 0.3) is 10.9 Å². The van der Waals surface area contributed by atoms with E-state index in [-0.39, 0.29) is 42.4 Å². The summed E-state index contributed by atoms with van der Waals surface area (Å²) in [6.45, 7) is 2.92. The fourth-order valence-electron chi connectivity index (χ4n) is 11.8. The molecule has 13 heteroatoms. The summed E-state index contributed by atoms with van der Waals surface area (Å²) >= 11 is 0. The van der Waals surface area contributed by atoms with Crippen molar-refractivity contribution >= 4 is 40.4 Å². The molecular weight excluding hydrogens is 784 g/mol. The quantitative estimate of drug-likeness (QED) is 0.190. The Morgan fingerprint density at radius 2 is 1.51 bits per heavy atom. The minimum Gasteiger partial charge on any atom is -0.357 e. The fraction of sp³-hybridized carbons (Fsp3) is 0.479. The third-order valence-corrected chi connectivity index (χ3v) is 15.0. The third kappa shape index (κ3) is 6.96. The van der Waals surface area contributed by atoms with Gasteiger partial charge in [0.25, 0.3) is 18.2 Å². The molecule has 3 fully saturated rings. The SMILES string of the molecule is C[C@@H]1Cc2c([nH]c3ccccc23)[C@@H](c2ccc(C3CCC(C(=O)N4CCC(C5Cc6cc7c(cc6C5)C(=O)N(C5CCC(=O)NC5=O)C7=O)CC4)CC3)c(F)c2)N1CC(F)F. The lowest BCUT2D eigenvalue weighted by atomic mass is 9.77. The number of carbonyl (C=O) groups excluding carboxylic acids is 5. The van der Waals surface area contributed by atoms with Gasteiger partial charge in [-0.3, -0.25) is 39.1 Å². The number of aromatic amines is 1. The van der Waals surface area contributed by atoms with Crippen molar-refractivity contribution < 1.29 is 37.1 Å². The highest BCUT2D eigenvalue weighted by Gasteiger charge is 2.46. The Kier molecular flexibility index (Phi) is 10.2. The van der Waals surface area contributed by atoms with Gasteiger partial charge in [-0.25, -0.2) is 13.2 Å². The predicted molar refractivity (Wildman–Crippen MR) is 220 cm³/mol. The van der Waals surface area contributed by atoms with Gasteiger partial charge in [0.2, 0.25) is 17.7 Å². The molecule has 4 aromatic rings. The molecule has 0 spiro atoms. The number of benzene rings is 3. The summed E-state index contributed by atoms with van der Waals surface area (Å²) in [5.74, 6) is -1.51. The highest BCUT2D eigenvalue weighted by Crippen LogP contribution is 2.44. The van der Waals surface area contributed by atoms with Crippen LogP contribution in [0.5, 0.6) is 0 Å². The van der Waals surface area contributed by atoms with E-state index in [1.54, 1.807) is 11.0 Å². The van der Waals surface area contributed by atoms with Crippen LogP contribution in [0.1, 0.15) is 124 Å². The summed E-state index contributed by atoms with van der Waals surface area (Å²) in [6, 6.07) is 15.2. The topological polar surface area (TPSA) is 123 Å². The number of amides is 5. The van der Waals surface area contributed by atoms with Crippen molar-refractivity contribution in [2.45, 2.75) is 108 Å². The largest absolute Gasteiger partial charge is 0.357 e. The Bertz CT molecular complexity index is 2420. The van der Waals surface area contributed by atoms with E-state index in [4.69, 9.17) is 0 Å². The zero-order chi connectivity index (χ0) is 42.3. The van der Waals surface area contributed by atoms with E-state index in [0.717, 1.165) is 63.9 Å². The molecule has 0 radical (unpaired) electrons. The number of piperidine rings is 2. The number of fused-ring (bicyclic) bond motifs is 5. The van der Waals surface area contributed by atoms with Crippen LogP contribution in [0.4, 0.5) is 13.2 Å². The van der Waals surface area contributed by atoms with Crippen molar-refractivity contribution in [3.05, 3.63) is 105 Å². The molecule has 318 valence electrons. The lowest BCUT2D eigenvalue weighted by molar-refractivity contribution is -0.138. The maximum absolute atomic E-state index is 16.2. The Labute approximate surface area is 352 Å². The van der Waals surface area contributed by atoms with Gasteiger partial charge in [-0.2, -0.15) is 0 Å². The van der Waals surface area contributed by atoms with Crippen LogP contribution in [-0.2, 0) is 33.6 Å². The average Bonchev–Trinajstić information content (AvgIpc) is 3.91. The summed E-state index contributed by atoms with van der Waals surface area (Å²) in [6.07, 6.45) is 4.43. The van der Waals surface area contributed by atoms with Crippen LogP contribution >= 0.6 is 0 Å². The van der Waals surface area contributed by atoms with E-state index in [1.807, 2.05) is 60.4 Å². The van der Waals surface area contributed by atoms with Crippen LogP contribution in [0, 0.1) is 23.6 Å². The fourth-order valence-corrected chi connectivity index (χ4v) is 11.8. The third-order valence-electron chi connectivity index (χ3n) is 15.0. The first-order valence-corrected chi connectivity index (χ1v) is 22.0. The molecule has 1 unspecified atom stereocenters. The first-order valence-electron chi connectivity index (χ1n) is 22.0. The number of halogens is 3. The lowest BCUT2D eigenvalue weighted by Gasteiger charge is -2.41. The maximum atomic E-state index is 16.2. The van der Waals surface area contributed by atoms with Crippen LogP contribution in [0.3, 0.4) is 0 Å². The standard InChI is InChI=1S/C48H50F3N5O5/c1-25-18-35-34-4-2-3-5-39(34)52-43(35)44(55(25)24-41(50)51)29-10-11-33(38(49)23-29)27-6-8-28(9-7-27)46(59)54-16-14-26(15-17-54)30-19-31-21-36-37(22-32(31)20-30)48(61)56(47(36)60)40-12-13-42(57)53-45(40)58/h2-5,10-11,21-23,25-28,30,40-41,44,52H,6-9,12-20,24H2,1H3,(H,53,57,58)/t25-,27?,28?,40?,44-/m1/s1. The number of carbonyl (C=O) groups is 5. The van der Waals surface area contributed by atoms with Crippen molar-refractivity contribution in [3.63, 3.8) is 0 Å². The molecule has 2 aliphatic carbocycles. The first-order chi connectivity index (χ1) is 29.4. The number of nitrogens with zero attached hydrogens (tertiary/aromatic N) is 3. The number of hydrogen-bond acceptors (Lipinski definition) is 6. The van der Waals surface area contributed by atoms with Crippen LogP contribution in [0.2, 0.25) is 0 Å². The van der Waals surface area contributed by atoms with Gasteiger partial charge in [0.05, 0.1) is 23.7 Å². The van der Waals surface area contributed by atoms with Crippen molar-refractivity contribution in [3.8, 4) is 0 Å². The van der Waals surface area contributed by atoms with Crippen LogP contribution in [-0.4, -0.2) is 87.4 Å². The number of rotatable bonds is 7. The molecule has 1 saturated carbocycles. The Morgan fingerprint density at radius 3 is 2.16 bits per heavy atom. The van der Waals surface area contributed by atoms with E-state index >= 15 is 4.39 Å². The summed E-state index contributed by atoms with van der Waals surface area (Å²) in [5.41, 5.74) is 6.92. The Hall–Kier alpha value is -5.30. The van der Waals surface area contributed by atoms with Crippen molar-refractivity contribution in [1.82, 2.24) is 25.0 Å². The van der Waals surface area contributed by atoms with Gasteiger partial charge in [-0.1, -0.05) is 30.3 Å². The number of aromatic nitrogens is 1. The number of hydrogen-bond donors (Lipinski definition) is 2. The van der Waals surface area contributed by atoms with Gasteiger partial charge in [0.1, 0.15) is 11.9 Å². The molecule has 3 atom stereocenters. The van der Waals surface area contributed by atoms with Crippen molar-refractivity contribution in [1.29, 1.82) is 0 Å². The molecule has 3 aromatic carbocycles. The second kappa shape index (κ2) is 15.6. The Morgan fingerprint density at radius 1 is 0.820 bits per heavy atom. The summed E-state index contributed by atoms with van der Waals surface area (Å²) in [7, 11) is 0. The van der Waals surface area contributed by atoms with Crippen molar-refractivity contribution in [2.24, 2.45) is 17.8 Å². The maximum Gasteiger partial charge on any atom is 0.262 e. The minimum absolute atomic E-state index is 0.0219. The highest BCUT2D eigenvalue weighted by atomic mass is 19.3. The lowest BCUT2D eigenvalue weighted by Crippen LogP contribution is -2.54. The molecule has 2 N–H and O–H groups in total. The second-order valence-electron chi connectivity index (χ2n) is 18.4. The summed E-state index contributed by atoms with van der Waals surface area (Å²) in [4.78, 5) is 73.0. The predicted octanol–water partition coefficient (Wildman–Crippen LogP) is 7.24. The molecule has 10 rings (SSSR count). The smallest absolute Gasteiger partial charge is 0.262 e. The zero-order valence-corrected chi connectivity index (χ0v) is 34.2. The van der Waals surface area contributed by atoms with E-state index in [9.17, 15) is 32.8 Å². The van der Waals surface area contributed by atoms with Gasteiger partial charge in [0.15, 0.2) is 0 Å². The first kappa shape index (κ1) is 39.8. The number of likely N-dealkylation sites (tertiary alicyclic amines) is 1. The molecule has 10 nitrogen and oxygen atoms in total. The number of para-hydroxylation sites is 1. The molecular formula is C48H50F3N5O5. The molecule has 4 aliphatic heterocycles. The average molecular weight is 834 g/mol. The molecule has 0 bridgehead atoms. The minimum atomic E-state index is -2.52. The normalized spacial score (nSPS) is 26.3. The van der Waals surface area contributed by atoms with E-state index < -0.39 is 48.7 Å². The number of alkyl halides is 2.